The van der Waals surface area contributed by atoms with E-state index in [9.17, 15) is 8.42 Å². The van der Waals surface area contributed by atoms with Crippen molar-refractivity contribution in [2.75, 3.05) is 19.7 Å². The molecule has 0 aromatic heterocycles. The van der Waals surface area contributed by atoms with Crippen molar-refractivity contribution >= 4 is 10.0 Å². The largest absolute Gasteiger partial charge is 0.493 e. The SMILES string of the molecule is CCCOc1ccc(S(=O)(=O)N2CC=CCC2)cc1CN. The van der Waals surface area contributed by atoms with Crippen molar-refractivity contribution < 1.29 is 13.2 Å². The van der Waals surface area contributed by atoms with Crippen LogP contribution in [-0.4, -0.2) is 32.4 Å². The van der Waals surface area contributed by atoms with E-state index in [-0.39, 0.29) is 11.4 Å². The van der Waals surface area contributed by atoms with Gasteiger partial charge in [0.15, 0.2) is 0 Å². The van der Waals surface area contributed by atoms with Gasteiger partial charge in [0.25, 0.3) is 0 Å². The van der Waals surface area contributed by atoms with E-state index in [0.29, 0.717) is 25.4 Å². The van der Waals surface area contributed by atoms with Crippen molar-refractivity contribution in [3.05, 3.63) is 35.9 Å². The third-order valence-corrected chi connectivity index (χ3v) is 5.23. The van der Waals surface area contributed by atoms with Crippen molar-refractivity contribution in [1.82, 2.24) is 4.31 Å². The van der Waals surface area contributed by atoms with Crippen LogP contribution in [0.25, 0.3) is 0 Å². The molecule has 1 heterocycles. The van der Waals surface area contributed by atoms with Crippen LogP contribution in [0.3, 0.4) is 0 Å². The monoisotopic (exact) mass is 310 g/mol. The number of ether oxygens (including phenoxy) is 1. The number of hydrogen-bond donors (Lipinski definition) is 1. The van der Waals surface area contributed by atoms with E-state index >= 15 is 0 Å². The summed E-state index contributed by atoms with van der Waals surface area (Å²) < 4.78 is 32.3. The predicted octanol–water partition coefficient (Wildman–Crippen LogP) is 1.88. The molecule has 0 spiro atoms. The summed E-state index contributed by atoms with van der Waals surface area (Å²) in [7, 11) is -3.46. The van der Waals surface area contributed by atoms with Crippen molar-refractivity contribution in [1.29, 1.82) is 0 Å². The van der Waals surface area contributed by atoms with Crippen LogP contribution in [0.1, 0.15) is 25.3 Å². The Balaban J connectivity index is 2.29. The van der Waals surface area contributed by atoms with E-state index in [1.165, 1.54) is 4.31 Å². The summed E-state index contributed by atoms with van der Waals surface area (Å²) in [6, 6.07) is 4.92. The number of hydrogen-bond acceptors (Lipinski definition) is 4. The maximum Gasteiger partial charge on any atom is 0.243 e. The van der Waals surface area contributed by atoms with E-state index in [1.807, 2.05) is 19.1 Å². The lowest BCUT2D eigenvalue weighted by molar-refractivity contribution is 0.314. The highest BCUT2D eigenvalue weighted by molar-refractivity contribution is 7.89. The molecule has 2 N–H and O–H groups in total. The van der Waals surface area contributed by atoms with Crippen LogP contribution in [-0.2, 0) is 16.6 Å². The molecule has 116 valence electrons. The first kappa shape index (κ1) is 16.0. The Morgan fingerprint density at radius 2 is 2.14 bits per heavy atom. The molecule has 6 heteroatoms. The molecular formula is C15H22N2O3S. The van der Waals surface area contributed by atoms with Crippen LogP contribution >= 0.6 is 0 Å². The van der Waals surface area contributed by atoms with Crippen LogP contribution in [0, 0.1) is 0 Å². The predicted molar refractivity (Wildman–Crippen MR) is 82.6 cm³/mol. The lowest BCUT2D eigenvalue weighted by Gasteiger charge is -2.23. The first-order valence-corrected chi connectivity index (χ1v) is 8.64. The number of nitrogens with two attached hydrogens (primary N) is 1. The Hall–Kier alpha value is -1.37. The average molecular weight is 310 g/mol. The number of sulfonamides is 1. The van der Waals surface area contributed by atoms with Gasteiger partial charge in [0.1, 0.15) is 5.75 Å². The first-order chi connectivity index (χ1) is 10.1. The highest BCUT2D eigenvalue weighted by atomic mass is 32.2. The molecule has 1 aromatic rings. The Bertz CT molecular complexity index is 611. The van der Waals surface area contributed by atoms with Gasteiger partial charge in [-0.1, -0.05) is 19.1 Å². The molecule has 1 aromatic carbocycles. The van der Waals surface area contributed by atoms with Crippen molar-refractivity contribution in [2.24, 2.45) is 5.73 Å². The van der Waals surface area contributed by atoms with Gasteiger partial charge in [0.05, 0.1) is 11.5 Å². The average Bonchev–Trinajstić information content (AvgIpc) is 2.53. The first-order valence-electron chi connectivity index (χ1n) is 7.20. The summed E-state index contributed by atoms with van der Waals surface area (Å²) in [4.78, 5) is 0.280. The molecule has 0 fully saturated rings. The van der Waals surface area contributed by atoms with Crippen LogP contribution in [0.5, 0.6) is 5.75 Å². The fraction of sp³-hybridized carbons (Fsp3) is 0.467. The second kappa shape index (κ2) is 7.06. The zero-order valence-electron chi connectivity index (χ0n) is 12.3. The molecule has 21 heavy (non-hydrogen) atoms. The van der Waals surface area contributed by atoms with Crippen molar-refractivity contribution in [3.8, 4) is 5.75 Å². The van der Waals surface area contributed by atoms with Crippen LogP contribution in [0.15, 0.2) is 35.2 Å². The number of rotatable bonds is 6. The second-order valence-electron chi connectivity index (χ2n) is 4.95. The molecule has 2 rings (SSSR count). The Labute approximate surface area is 126 Å². The summed E-state index contributed by atoms with van der Waals surface area (Å²) in [5, 5.41) is 0. The maximum atomic E-state index is 12.6. The normalized spacial score (nSPS) is 16.1. The zero-order chi connectivity index (χ0) is 15.3. The Morgan fingerprint density at radius 1 is 1.33 bits per heavy atom. The van der Waals surface area contributed by atoms with E-state index < -0.39 is 10.0 Å². The molecule has 1 aliphatic rings. The fourth-order valence-electron chi connectivity index (χ4n) is 2.22. The van der Waals surface area contributed by atoms with E-state index in [4.69, 9.17) is 10.5 Å². The highest BCUT2D eigenvalue weighted by Gasteiger charge is 2.25. The maximum absolute atomic E-state index is 12.6. The minimum Gasteiger partial charge on any atom is -0.493 e. The van der Waals surface area contributed by atoms with Crippen molar-refractivity contribution in [3.63, 3.8) is 0 Å². The Morgan fingerprint density at radius 3 is 2.76 bits per heavy atom. The molecule has 0 atom stereocenters. The fourth-order valence-corrected chi connectivity index (χ4v) is 3.67. The minimum absolute atomic E-state index is 0.252. The summed E-state index contributed by atoms with van der Waals surface area (Å²) in [6.07, 6.45) is 5.52. The Kier molecular flexibility index (Phi) is 5.39. The summed E-state index contributed by atoms with van der Waals surface area (Å²) >= 11 is 0. The molecule has 5 nitrogen and oxygen atoms in total. The van der Waals surface area contributed by atoms with E-state index in [0.717, 1.165) is 18.4 Å². The lowest BCUT2D eigenvalue weighted by Crippen LogP contribution is -2.33. The highest BCUT2D eigenvalue weighted by Crippen LogP contribution is 2.25. The summed E-state index contributed by atoms with van der Waals surface area (Å²) in [5.74, 6) is 0.664. The molecule has 0 radical (unpaired) electrons. The molecular weight excluding hydrogens is 288 g/mol. The van der Waals surface area contributed by atoms with Gasteiger partial charge in [-0.3, -0.25) is 0 Å². The molecule has 1 aliphatic heterocycles. The van der Waals surface area contributed by atoms with Gasteiger partial charge < -0.3 is 10.5 Å². The van der Waals surface area contributed by atoms with Crippen molar-refractivity contribution in [2.45, 2.75) is 31.2 Å². The molecule has 0 bridgehead atoms. The molecule has 0 aliphatic carbocycles. The van der Waals surface area contributed by atoms with Gasteiger partial charge in [-0.25, -0.2) is 8.42 Å². The van der Waals surface area contributed by atoms with Gasteiger partial charge in [0.2, 0.25) is 10.0 Å². The molecule has 0 saturated carbocycles. The quantitative estimate of drug-likeness (QED) is 0.814. The molecule has 0 amide bonds. The number of nitrogens with zero attached hydrogens (tertiary/aromatic N) is 1. The summed E-state index contributed by atoms with van der Waals surface area (Å²) in [6.45, 7) is 3.81. The van der Waals surface area contributed by atoms with E-state index in [1.54, 1.807) is 18.2 Å². The number of benzene rings is 1. The van der Waals surface area contributed by atoms with Gasteiger partial charge in [-0.05, 0) is 31.0 Å². The van der Waals surface area contributed by atoms with Gasteiger partial charge >= 0.3 is 0 Å². The smallest absolute Gasteiger partial charge is 0.243 e. The lowest BCUT2D eigenvalue weighted by atomic mass is 10.2. The minimum atomic E-state index is -3.46. The van der Waals surface area contributed by atoms with Gasteiger partial charge in [0, 0.05) is 25.2 Å². The second-order valence-corrected chi connectivity index (χ2v) is 6.88. The third kappa shape index (κ3) is 3.64. The molecule has 0 unspecified atom stereocenters. The van der Waals surface area contributed by atoms with Crippen LogP contribution < -0.4 is 10.5 Å². The topological polar surface area (TPSA) is 72.6 Å². The zero-order valence-corrected chi connectivity index (χ0v) is 13.1. The van der Waals surface area contributed by atoms with Gasteiger partial charge in [-0.15, -0.1) is 0 Å². The standard InChI is InChI=1S/C15H22N2O3S/c1-2-10-20-15-7-6-14(11-13(15)12-16)21(18,19)17-8-4-3-5-9-17/h3-4,6-7,11H,2,5,8-10,12,16H2,1H3. The van der Waals surface area contributed by atoms with Gasteiger partial charge in [-0.2, -0.15) is 4.31 Å². The summed E-state index contributed by atoms with van der Waals surface area (Å²) in [5.41, 5.74) is 6.43. The van der Waals surface area contributed by atoms with Crippen LogP contribution in [0.4, 0.5) is 0 Å². The van der Waals surface area contributed by atoms with E-state index in [2.05, 4.69) is 0 Å². The molecule has 0 saturated heterocycles. The van der Waals surface area contributed by atoms with Crippen LogP contribution in [0.2, 0.25) is 0 Å². The third-order valence-electron chi connectivity index (χ3n) is 3.37.